The van der Waals surface area contributed by atoms with Crippen molar-refractivity contribution in [3.05, 3.63) is 70.9 Å². The molecule has 1 fully saturated rings. The van der Waals surface area contributed by atoms with Gasteiger partial charge in [-0.2, -0.15) is 0 Å². The van der Waals surface area contributed by atoms with Crippen LogP contribution in [0.2, 0.25) is 0 Å². The number of amides is 2. The van der Waals surface area contributed by atoms with Crippen molar-refractivity contribution in [2.24, 2.45) is 0 Å². The predicted molar refractivity (Wildman–Crippen MR) is 121 cm³/mol. The maximum atomic E-state index is 12.9. The number of ketones is 1. The lowest BCUT2D eigenvalue weighted by Crippen LogP contribution is -2.49. The summed E-state index contributed by atoms with van der Waals surface area (Å²) in [6, 6.07) is 10.9. The van der Waals surface area contributed by atoms with Crippen molar-refractivity contribution in [3.63, 3.8) is 0 Å². The summed E-state index contributed by atoms with van der Waals surface area (Å²) in [5, 5.41) is 2.75. The molecule has 1 N–H and O–H groups in total. The Morgan fingerprint density at radius 3 is 2.67 bits per heavy atom. The normalized spacial score (nSPS) is 19.3. The number of hydrogen-bond donors (Lipinski definition) is 1. The van der Waals surface area contributed by atoms with Crippen LogP contribution in [0, 0.1) is 0 Å². The third kappa shape index (κ3) is 4.35. The summed E-state index contributed by atoms with van der Waals surface area (Å²) < 4.78 is 11.1. The minimum atomic E-state index is -0.466. The van der Waals surface area contributed by atoms with Gasteiger partial charge in [0.2, 0.25) is 5.91 Å². The number of nitrogens with one attached hydrogen (secondary N) is 1. The van der Waals surface area contributed by atoms with E-state index in [4.69, 9.17) is 9.47 Å². The first kappa shape index (κ1) is 21.2. The Kier molecular flexibility index (Phi) is 5.62. The van der Waals surface area contributed by atoms with Crippen LogP contribution in [0.5, 0.6) is 11.5 Å². The number of carbonyl (C=O) groups is 3. The maximum absolute atomic E-state index is 12.9. The minimum absolute atomic E-state index is 0.112. The van der Waals surface area contributed by atoms with Gasteiger partial charge in [-0.1, -0.05) is 24.8 Å². The first-order valence-electron chi connectivity index (χ1n) is 11.3. The monoisotopic (exact) mass is 446 g/mol. The number of aryl methyl sites for hydroxylation is 1. The van der Waals surface area contributed by atoms with Crippen LogP contribution in [-0.4, -0.2) is 41.8 Å². The van der Waals surface area contributed by atoms with E-state index < -0.39 is 6.04 Å². The molecule has 0 saturated carbocycles. The molecule has 0 radical (unpaired) electrons. The molecule has 5 rings (SSSR count). The minimum Gasteiger partial charge on any atom is -0.486 e. The zero-order chi connectivity index (χ0) is 22.9. The van der Waals surface area contributed by atoms with Crippen molar-refractivity contribution in [1.29, 1.82) is 0 Å². The molecule has 2 amide bonds. The van der Waals surface area contributed by atoms with E-state index in [1.165, 1.54) is 0 Å². The summed E-state index contributed by atoms with van der Waals surface area (Å²) in [5.41, 5.74) is 4.17. The lowest BCUT2D eigenvalue weighted by atomic mass is 9.99. The van der Waals surface area contributed by atoms with Gasteiger partial charge < -0.3 is 19.7 Å². The van der Waals surface area contributed by atoms with E-state index in [9.17, 15) is 14.4 Å². The number of allylic oxidation sites excluding steroid dienone is 1. The largest absolute Gasteiger partial charge is 0.486 e. The molecule has 0 bridgehead atoms. The van der Waals surface area contributed by atoms with Gasteiger partial charge in [-0.05, 0) is 54.2 Å². The van der Waals surface area contributed by atoms with E-state index in [1.807, 2.05) is 36.4 Å². The fourth-order valence-corrected chi connectivity index (χ4v) is 4.66. The van der Waals surface area contributed by atoms with Gasteiger partial charge in [-0.25, -0.2) is 0 Å². The van der Waals surface area contributed by atoms with Gasteiger partial charge in [0.05, 0.1) is 0 Å². The summed E-state index contributed by atoms with van der Waals surface area (Å²) in [6.07, 6.45) is 2.63. The van der Waals surface area contributed by atoms with Crippen molar-refractivity contribution in [3.8, 4) is 11.5 Å². The molecule has 0 spiro atoms. The molecule has 2 aromatic carbocycles. The van der Waals surface area contributed by atoms with Crippen LogP contribution in [-0.2, 0) is 29.0 Å². The predicted octanol–water partition coefficient (Wildman–Crippen LogP) is 2.95. The summed E-state index contributed by atoms with van der Waals surface area (Å²) in [4.78, 5) is 39.4. The highest BCUT2D eigenvalue weighted by Crippen LogP contribution is 2.31. The molecule has 170 valence electrons. The molecule has 7 heteroatoms. The number of hydrogen-bond acceptors (Lipinski definition) is 5. The Labute approximate surface area is 192 Å². The quantitative estimate of drug-likeness (QED) is 0.738. The number of rotatable bonds is 6. The number of nitrogens with zero attached hydrogens (tertiary/aromatic N) is 1. The van der Waals surface area contributed by atoms with Crippen LogP contribution in [0.3, 0.4) is 0 Å². The molecular formula is C26H26N2O5. The average molecular weight is 447 g/mol. The summed E-state index contributed by atoms with van der Waals surface area (Å²) >= 11 is 0. The van der Waals surface area contributed by atoms with Crippen molar-refractivity contribution < 1.29 is 23.9 Å². The van der Waals surface area contributed by atoms with Gasteiger partial charge >= 0.3 is 0 Å². The standard InChI is InChI=1S/C26H26N2O5/c1-16-2-8-22(25(30)27-16)28-15-19-12-17(4-7-21(19)26(28)31)3-6-20(29)13-18-5-9-23-24(14-18)33-11-10-32-23/h4-5,7,9,12,14,22H,1-3,6,8,10-11,13,15H2,(H,27,30). The van der Waals surface area contributed by atoms with Gasteiger partial charge in [-0.3, -0.25) is 14.4 Å². The van der Waals surface area contributed by atoms with Gasteiger partial charge in [0, 0.05) is 30.6 Å². The molecule has 0 aliphatic carbocycles. The van der Waals surface area contributed by atoms with Crippen LogP contribution in [0.25, 0.3) is 0 Å². The maximum Gasteiger partial charge on any atom is 0.255 e. The Bertz CT molecular complexity index is 1160. The molecular weight excluding hydrogens is 420 g/mol. The van der Waals surface area contributed by atoms with Gasteiger partial charge in [-0.15, -0.1) is 0 Å². The zero-order valence-corrected chi connectivity index (χ0v) is 18.4. The van der Waals surface area contributed by atoms with Crippen LogP contribution in [0.4, 0.5) is 0 Å². The number of Topliss-reactive ketones (excluding diaryl/α,β-unsaturated/α-hetero) is 1. The fourth-order valence-electron chi connectivity index (χ4n) is 4.66. The highest BCUT2D eigenvalue weighted by molar-refractivity contribution is 6.01. The molecule has 1 atom stereocenters. The van der Waals surface area contributed by atoms with Crippen LogP contribution in [0.1, 0.15) is 46.3 Å². The number of ether oxygens (including phenoxy) is 2. The Hall–Kier alpha value is -3.61. The van der Waals surface area contributed by atoms with E-state index in [0.717, 1.165) is 22.4 Å². The SMILES string of the molecule is C=C1CCC(N2Cc3cc(CCC(=O)Cc4ccc5c(c4)OCCO5)ccc3C2=O)C(=O)N1. The average Bonchev–Trinajstić information content (AvgIpc) is 3.13. The molecule has 33 heavy (non-hydrogen) atoms. The summed E-state index contributed by atoms with van der Waals surface area (Å²) in [5.74, 6) is 1.27. The molecule has 0 aromatic heterocycles. The first-order valence-corrected chi connectivity index (χ1v) is 11.3. The second kappa shape index (κ2) is 8.73. The second-order valence-corrected chi connectivity index (χ2v) is 8.77. The Morgan fingerprint density at radius 1 is 1.06 bits per heavy atom. The van der Waals surface area contributed by atoms with Crippen LogP contribution < -0.4 is 14.8 Å². The smallest absolute Gasteiger partial charge is 0.255 e. The first-order chi connectivity index (χ1) is 16.0. The summed E-state index contributed by atoms with van der Waals surface area (Å²) in [6.45, 7) is 5.27. The van der Waals surface area contributed by atoms with Gasteiger partial charge in [0.1, 0.15) is 25.0 Å². The third-order valence-corrected chi connectivity index (χ3v) is 6.40. The molecule has 1 saturated heterocycles. The van der Waals surface area contributed by atoms with Gasteiger partial charge in [0.15, 0.2) is 11.5 Å². The molecule has 1 unspecified atom stereocenters. The number of fused-ring (bicyclic) bond motifs is 2. The topological polar surface area (TPSA) is 84.9 Å². The lowest BCUT2D eigenvalue weighted by molar-refractivity contribution is -0.126. The Balaban J connectivity index is 1.19. The molecule has 7 nitrogen and oxygen atoms in total. The third-order valence-electron chi connectivity index (χ3n) is 6.40. The second-order valence-electron chi connectivity index (χ2n) is 8.77. The lowest BCUT2D eigenvalue weighted by Gasteiger charge is -2.30. The van der Waals surface area contributed by atoms with E-state index in [0.29, 0.717) is 68.9 Å². The fraction of sp³-hybridized carbons (Fsp3) is 0.346. The molecule has 3 heterocycles. The zero-order valence-electron chi connectivity index (χ0n) is 18.4. The van der Waals surface area contributed by atoms with Crippen LogP contribution in [0.15, 0.2) is 48.7 Å². The molecule has 3 aliphatic heterocycles. The highest BCUT2D eigenvalue weighted by Gasteiger charge is 2.38. The van der Waals surface area contributed by atoms with Crippen molar-refractivity contribution in [2.75, 3.05) is 13.2 Å². The van der Waals surface area contributed by atoms with E-state index in [2.05, 4.69) is 11.9 Å². The summed E-state index contributed by atoms with van der Waals surface area (Å²) in [7, 11) is 0. The van der Waals surface area contributed by atoms with E-state index in [-0.39, 0.29) is 17.6 Å². The highest BCUT2D eigenvalue weighted by atomic mass is 16.6. The van der Waals surface area contributed by atoms with Crippen LogP contribution >= 0.6 is 0 Å². The van der Waals surface area contributed by atoms with Gasteiger partial charge in [0.25, 0.3) is 5.91 Å². The molecule has 3 aliphatic rings. The molecule has 2 aromatic rings. The van der Waals surface area contributed by atoms with Crippen molar-refractivity contribution in [1.82, 2.24) is 10.2 Å². The number of piperidine rings is 1. The van der Waals surface area contributed by atoms with Crippen molar-refractivity contribution >= 4 is 17.6 Å². The number of carbonyl (C=O) groups excluding carboxylic acids is 3. The number of benzene rings is 2. The Morgan fingerprint density at radius 2 is 1.85 bits per heavy atom. The van der Waals surface area contributed by atoms with E-state index in [1.54, 1.807) is 4.90 Å². The van der Waals surface area contributed by atoms with Crippen molar-refractivity contribution in [2.45, 2.75) is 44.7 Å². The van der Waals surface area contributed by atoms with E-state index >= 15 is 0 Å².